The third-order valence-electron chi connectivity index (χ3n) is 4.83. The first-order valence-corrected chi connectivity index (χ1v) is 6.30. The number of carbonyl (C=O) groups is 1. The van der Waals surface area contributed by atoms with Crippen LogP contribution in [0.5, 0.6) is 5.75 Å². The van der Waals surface area contributed by atoms with Gasteiger partial charge in [0.2, 0.25) is 0 Å². The minimum atomic E-state index is -0.180. The molecule has 2 fully saturated rings. The maximum atomic E-state index is 12.5. The highest BCUT2D eigenvalue weighted by atomic mass is 16.5. The zero-order valence-electron chi connectivity index (χ0n) is 10.5. The van der Waals surface area contributed by atoms with Crippen molar-refractivity contribution >= 4 is 5.78 Å². The molecule has 0 aliphatic heterocycles. The second kappa shape index (κ2) is 3.34. The quantitative estimate of drug-likeness (QED) is 0.780. The molecule has 2 heteroatoms. The third-order valence-corrected chi connectivity index (χ3v) is 4.83. The number of methoxy groups -OCH3 is 1. The van der Waals surface area contributed by atoms with Crippen LogP contribution in [0.4, 0.5) is 0 Å². The van der Waals surface area contributed by atoms with Gasteiger partial charge in [-0.1, -0.05) is 19.1 Å². The summed E-state index contributed by atoms with van der Waals surface area (Å²) in [7, 11) is 1.67. The molecule has 0 unspecified atom stereocenters. The molecule has 1 aromatic carbocycles. The molecule has 90 valence electrons. The lowest BCUT2D eigenvalue weighted by Gasteiger charge is -2.25. The predicted molar refractivity (Wildman–Crippen MR) is 66.3 cm³/mol. The van der Waals surface area contributed by atoms with Crippen LogP contribution in [0.2, 0.25) is 0 Å². The van der Waals surface area contributed by atoms with Crippen molar-refractivity contribution in [2.24, 2.45) is 5.41 Å². The van der Waals surface area contributed by atoms with Crippen molar-refractivity contribution in [1.82, 2.24) is 0 Å². The highest BCUT2D eigenvalue weighted by Gasteiger charge is 2.60. The number of benzene rings is 1. The molecule has 1 aromatic rings. The average Bonchev–Trinajstić information content (AvgIpc) is 2.78. The molecule has 0 radical (unpaired) electrons. The van der Waals surface area contributed by atoms with Crippen LogP contribution in [-0.4, -0.2) is 12.9 Å². The number of hydrogen-bond donors (Lipinski definition) is 0. The summed E-state index contributed by atoms with van der Waals surface area (Å²) in [5.74, 6) is 1.33. The van der Waals surface area contributed by atoms with Gasteiger partial charge < -0.3 is 4.74 Å². The fourth-order valence-corrected chi connectivity index (χ4v) is 3.59. The molecule has 0 spiro atoms. The Morgan fingerprint density at radius 1 is 1.06 bits per heavy atom. The van der Waals surface area contributed by atoms with E-state index >= 15 is 0 Å². The molecule has 0 atom stereocenters. The lowest BCUT2D eigenvalue weighted by atomic mass is 9.77. The molecule has 2 nitrogen and oxygen atoms in total. The summed E-state index contributed by atoms with van der Waals surface area (Å²) in [6.07, 6.45) is 4.15. The first-order chi connectivity index (χ1) is 8.11. The van der Waals surface area contributed by atoms with Gasteiger partial charge in [0, 0.05) is 5.41 Å². The predicted octanol–water partition coefficient (Wildman–Crippen LogP) is 3.10. The van der Waals surface area contributed by atoms with E-state index < -0.39 is 0 Å². The van der Waals surface area contributed by atoms with Gasteiger partial charge in [-0.3, -0.25) is 4.79 Å². The van der Waals surface area contributed by atoms with Crippen LogP contribution in [-0.2, 0) is 10.2 Å². The Labute approximate surface area is 102 Å². The Bertz CT molecular complexity index is 450. The number of Topliss-reactive ketones (excluding diaryl/α,β-unsaturated/α-hetero) is 1. The van der Waals surface area contributed by atoms with E-state index in [1.165, 1.54) is 5.56 Å². The van der Waals surface area contributed by atoms with E-state index in [1.807, 2.05) is 12.1 Å². The van der Waals surface area contributed by atoms with Crippen LogP contribution in [0.1, 0.15) is 38.2 Å². The monoisotopic (exact) mass is 230 g/mol. The van der Waals surface area contributed by atoms with Crippen molar-refractivity contribution in [2.45, 2.75) is 38.0 Å². The molecule has 2 aliphatic rings. The summed E-state index contributed by atoms with van der Waals surface area (Å²) in [5, 5.41) is 0. The molecule has 2 bridgehead atoms. The topological polar surface area (TPSA) is 26.3 Å². The normalized spacial score (nSPS) is 35.3. The maximum Gasteiger partial charge on any atom is 0.149 e. The fourth-order valence-electron chi connectivity index (χ4n) is 3.59. The Balaban J connectivity index is 2.01. The van der Waals surface area contributed by atoms with Crippen LogP contribution in [0.3, 0.4) is 0 Å². The molecule has 2 aliphatic carbocycles. The molecule has 0 heterocycles. The van der Waals surface area contributed by atoms with E-state index in [0.29, 0.717) is 5.78 Å². The van der Waals surface area contributed by atoms with Crippen molar-refractivity contribution in [3.05, 3.63) is 29.8 Å². The van der Waals surface area contributed by atoms with Crippen LogP contribution in [0.15, 0.2) is 24.3 Å². The minimum Gasteiger partial charge on any atom is -0.497 e. The minimum absolute atomic E-state index is 0.0417. The van der Waals surface area contributed by atoms with E-state index in [1.54, 1.807) is 7.11 Å². The summed E-state index contributed by atoms with van der Waals surface area (Å²) in [6, 6.07) is 8.05. The molecule has 0 N–H and O–H groups in total. The first-order valence-electron chi connectivity index (χ1n) is 6.30. The lowest BCUT2D eigenvalue weighted by molar-refractivity contribution is -0.126. The van der Waals surface area contributed by atoms with Gasteiger partial charge in [0.05, 0.1) is 12.5 Å². The first kappa shape index (κ1) is 10.8. The van der Waals surface area contributed by atoms with Crippen molar-refractivity contribution in [2.75, 3.05) is 7.11 Å². The molecule has 2 saturated carbocycles. The van der Waals surface area contributed by atoms with Crippen LogP contribution >= 0.6 is 0 Å². The van der Waals surface area contributed by atoms with Gasteiger partial charge in [-0.15, -0.1) is 0 Å². The van der Waals surface area contributed by atoms with E-state index in [-0.39, 0.29) is 10.8 Å². The summed E-state index contributed by atoms with van der Waals surface area (Å²) >= 11 is 0. The van der Waals surface area contributed by atoms with E-state index in [0.717, 1.165) is 31.4 Å². The van der Waals surface area contributed by atoms with E-state index in [9.17, 15) is 4.79 Å². The highest BCUT2D eigenvalue weighted by molar-refractivity contribution is 5.98. The van der Waals surface area contributed by atoms with Crippen LogP contribution in [0.25, 0.3) is 0 Å². The average molecular weight is 230 g/mol. The number of ketones is 1. The maximum absolute atomic E-state index is 12.5. The van der Waals surface area contributed by atoms with Gasteiger partial charge in [-0.2, -0.15) is 0 Å². The molecular weight excluding hydrogens is 212 g/mol. The molecular formula is C15H18O2. The number of ether oxygens (including phenoxy) is 1. The van der Waals surface area contributed by atoms with E-state index in [4.69, 9.17) is 4.74 Å². The van der Waals surface area contributed by atoms with Gasteiger partial charge in [-0.25, -0.2) is 0 Å². The number of hydrogen-bond acceptors (Lipinski definition) is 2. The van der Waals surface area contributed by atoms with Crippen LogP contribution < -0.4 is 4.74 Å². The van der Waals surface area contributed by atoms with Crippen molar-refractivity contribution < 1.29 is 9.53 Å². The van der Waals surface area contributed by atoms with Gasteiger partial charge >= 0.3 is 0 Å². The van der Waals surface area contributed by atoms with Crippen LogP contribution in [0, 0.1) is 5.41 Å². The van der Waals surface area contributed by atoms with E-state index in [2.05, 4.69) is 19.1 Å². The Kier molecular flexibility index (Phi) is 2.13. The van der Waals surface area contributed by atoms with Crippen molar-refractivity contribution in [1.29, 1.82) is 0 Å². The molecule has 3 rings (SSSR count). The van der Waals surface area contributed by atoms with Gasteiger partial charge in [-0.05, 0) is 43.4 Å². The Hall–Kier alpha value is -1.31. The lowest BCUT2D eigenvalue weighted by Crippen LogP contribution is -2.29. The largest absolute Gasteiger partial charge is 0.497 e. The third kappa shape index (κ3) is 1.30. The summed E-state index contributed by atoms with van der Waals surface area (Å²) < 4.78 is 5.17. The zero-order chi connectivity index (χ0) is 12.1. The number of rotatable bonds is 2. The summed E-state index contributed by atoms with van der Waals surface area (Å²) in [6.45, 7) is 2.13. The number of fused-ring (bicyclic) bond motifs is 2. The zero-order valence-corrected chi connectivity index (χ0v) is 10.5. The fraction of sp³-hybridized carbons (Fsp3) is 0.533. The van der Waals surface area contributed by atoms with Gasteiger partial charge in [0.15, 0.2) is 0 Å². The van der Waals surface area contributed by atoms with Gasteiger partial charge in [0.25, 0.3) is 0 Å². The molecule has 17 heavy (non-hydrogen) atoms. The summed E-state index contributed by atoms with van der Waals surface area (Å²) in [4.78, 5) is 12.5. The molecule has 0 aromatic heterocycles. The SMILES string of the molecule is COc1ccc(C23CCC(C)(CC2)C3=O)cc1. The van der Waals surface area contributed by atoms with Crippen molar-refractivity contribution in [3.63, 3.8) is 0 Å². The smallest absolute Gasteiger partial charge is 0.149 e. The highest BCUT2D eigenvalue weighted by Crippen LogP contribution is 2.59. The standard InChI is InChI=1S/C15H18O2/c1-14-7-9-15(10-8-14,13(14)16)11-3-5-12(17-2)6-4-11/h3-6H,7-10H2,1-2H3. The second-order valence-electron chi connectivity index (χ2n) is 5.70. The Morgan fingerprint density at radius 3 is 2.06 bits per heavy atom. The van der Waals surface area contributed by atoms with Crippen molar-refractivity contribution in [3.8, 4) is 5.75 Å². The molecule has 0 saturated heterocycles. The second-order valence-corrected chi connectivity index (χ2v) is 5.70. The number of carbonyl (C=O) groups excluding carboxylic acids is 1. The molecule has 0 amide bonds. The Morgan fingerprint density at radius 2 is 1.65 bits per heavy atom. The van der Waals surface area contributed by atoms with Gasteiger partial charge in [0.1, 0.15) is 11.5 Å². The summed E-state index contributed by atoms with van der Waals surface area (Å²) in [5.41, 5.74) is 0.963.